The Balaban J connectivity index is 1.71. The molecule has 1 N–H and O–H groups in total. The second-order valence-electron chi connectivity index (χ2n) is 6.50. The molecule has 2 atom stereocenters. The number of nitrogens with one attached hydrogen (secondary N) is 1. The fourth-order valence-corrected chi connectivity index (χ4v) is 2.92. The standard InChI is InChI=1S/C18H23N5O/c1-12(2)17-20-18(22-21-17)16-11-23(8-9-24-16)13(3)15-6-4-14(10-19)5-7-15/h4-7,12-13,16H,8-9,11H2,1-3H3,(H,20,21,22)/t13-,16+/m0/s1. The van der Waals surface area contributed by atoms with Crippen molar-refractivity contribution < 1.29 is 4.74 Å². The molecule has 0 bridgehead atoms. The highest BCUT2D eigenvalue weighted by molar-refractivity contribution is 5.32. The summed E-state index contributed by atoms with van der Waals surface area (Å²) in [6.45, 7) is 8.66. The Labute approximate surface area is 142 Å². The molecule has 0 unspecified atom stereocenters. The number of benzene rings is 1. The van der Waals surface area contributed by atoms with Crippen molar-refractivity contribution in [2.24, 2.45) is 0 Å². The van der Waals surface area contributed by atoms with E-state index in [2.05, 4.69) is 46.9 Å². The van der Waals surface area contributed by atoms with Crippen molar-refractivity contribution in [2.75, 3.05) is 19.7 Å². The molecule has 1 aromatic heterocycles. The van der Waals surface area contributed by atoms with Gasteiger partial charge in [-0.2, -0.15) is 10.4 Å². The summed E-state index contributed by atoms with van der Waals surface area (Å²) >= 11 is 0. The first-order chi connectivity index (χ1) is 11.6. The van der Waals surface area contributed by atoms with Gasteiger partial charge in [0.15, 0.2) is 11.6 Å². The molecule has 0 spiro atoms. The summed E-state index contributed by atoms with van der Waals surface area (Å²) in [4.78, 5) is 6.95. The Hall–Kier alpha value is -2.23. The zero-order chi connectivity index (χ0) is 17.1. The third kappa shape index (κ3) is 3.48. The first kappa shape index (κ1) is 16.6. The lowest BCUT2D eigenvalue weighted by Crippen LogP contribution is -2.40. The molecular formula is C18H23N5O. The van der Waals surface area contributed by atoms with Gasteiger partial charge in [-0.25, -0.2) is 4.98 Å². The van der Waals surface area contributed by atoms with E-state index in [1.165, 1.54) is 5.56 Å². The Bertz CT molecular complexity index is 716. The zero-order valence-corrected chi connectivity index (χ0v) is 14.4. The lowest BCUT2D eigenvalue weighted by atomic mass is 10.0. The summed E-state index contributed by atoms with van der Waals surface area (Å²) in [5.74, 6) is 1.92. The van der Waals surface area contributed by atoms with E-state index in [1.807, 2.05) is 24.3 Å². The third-order valence-electron chi connectivity index (χ3n) is 4.51. The van der Waals surface area contributed by atoms with Crippen LogP contribution in [0.25, 0.3) is 0 Å². The van der Waals surface area contributed by atoms with E-state index in [9.17, 15) is 0 Å². The number of nitrogens with zero attached hydrogens (tertiary/aromatic N) is 4. The van der Waals surface area contributed by atoms with Gasteiger partial charge in [0.2, 0.25) is 0 Å². The number of nitriles is 1. The number of rotatable bonds is 4. The van der Waals surface area contributed by atoms with Crippen molar-refractivity contribution >= 4 is 0 Å². The fraction of sp³-hybridized carbons (Fsp3) is 0.500. The maximum atomic E-state index is 8.92. The maximum Gasteiger partial charge on any atom is 0.155 e. The van der Waals surface area contributed by atoms with Crippen LogP contribution in [0.3, 0.4) is 0 Å². The molecule has 1 aliphatic heterocycles. The van der Waals surface area contributed by atoms with Gasteiger partial charge < -0.3 is 4.74 Å². The molecule has 3 rings (SSSR count). The molecular weight excluding hydrogens is 302 g/mol. The van der Waals surface area contributed by atoms with E-state index in [4.69, 9.17) is 10.00 Å². The van der Waals surface area contributed by atoms with Crippen molar-refractivity contribution in [1.82, 2.24) is 20.1 Å². The quantitative estimate of drug-likeness (QED) is 0.935. The molecule has 126 valence electrons. The van der Waals surface area contributed by atoms with Crippen molar-refractivity contribution in [3.63, 3.8) is 0 Å². The summed E-state index contributed by atoms with van der Waals surface area (Å²) in [6, 6.07) is 10.2. The van der Waals surface area contributed by atoms with E-state index in [0.717, 1.165) is 24.7 Å². The average Bonchev–Trinajstić information content (AvgIpc) is 3.12. The lowest BCUT2D eigenvalue weighted by molar-refractivity contribution is -0.0470. The van der Waals surface area contributed by atoms with Gasteiger partial charge in [0.1, 0.15) is 6.10 Å². The molecule has 2 aromatic rings. The van der Waals surface area contributed by atoms with Gasteiger partial charge in [0.25, 0.3) is 0 Å². The topological polar surface area (TPSA) is 77.8 Å². The van der Waals surface area contributed by atoms with Crippen LogP contribution in [0.1, 0.15) is 61.6 Å². The molecule has 1 aliphatic rings. The van der Waals surface area contributed by atoms with Crippen LogP contribution in [0.15, 0.2) is 24.3 Å². The first-order valence-corrected chi connectivity index (χ1v) is 8.36. The van der Waals surface area contributed by atoms with E-state index < -0.39 is 0 Å². The average molecular weight is 325 g/mol. The molecule has 6 heteroatoms. The molecule has 2 heterocycles. The second kappa shape index (κ2) is 7.12. The molecule has 1 fully saturated rings. The van der Waals surface area contributed by atoms with E-state index in [1.54, 1.807) is 0 Å². The van der Waals surface area contributed by atoms with Crippen LogP contribution in [-0.4, -0.2) is 39.8 Å². The summed E-state index contributed by atoms with van der Waals surface area (Å²) in [5, 5.41) is 16.2. The predicted octanol–water partition coefficient (Wildman–Crippen LogP) is 2.93. The molecule has 0 aliphatic carbocycles. The lowest BCUT2D eigenvalue weighted by Gasteiger charge is -2.36. The highest BCUT2D eigenvalue weighted by Crippen LogP contribution is 2.27. The Kier molecular flexibility index (Phi) is 4.93. The maximum absolute atomic E-state index is 8.92. The van der Waals surface area contributed by atoms with Crippen LogP contribution in [0.2, 0.25) is 0 Å². The van der Waals surface area contributed by atoms with Gasteiger partial charge in [-0.05, 0) is 24.6 Å². The second-order valence-corrected chi connectivity index (χ2v) is 6.50. The molecule has 1 aromatic carbocycles. The molecule has 1 saturated heterocycles. The number of aromatic nitrogens is 3. The monoisotopic (exact) mass is 325 g/mol. The molecule has 0 radical (unpaired) electrons. The van der Waals surface area contributed by atoms with Crippen molar-refractivity contribution in [1.29, 1.82) is 5.26 Å². The van der Waals surface area contributed by atoms with Crippen LogP contribution in [0.5, 0.6) is 0 Å². The Morgan fingerprint density at radius 1 is 1.29 bits per heavy atom. The van der Waals surface area contributed by atoms with Gasteiger partial charge >= 0.3 is 0 Å². The minimum atomic E-state index is -0.0837. The number of hydrogen-bond donors (Lipinski definition) is 1. The third-order valence-corrected chi connectivity index (χ3v) is 4.51. The number of H-pyrrole nitrogens is 1. The van der Waals surface area contributed by atoms with E-state index in [-0.39, 0.29) is 12.1 Å². The zero-order valence-electron chi connectivity index (χ0n) is 14.4. The SMILES string of the molecule is CC(C)c1n[nH]c([C@H]2CN([C@@H](C)c3ccc(C#N)cc3)CCO2)n1. The first-order valence-electron chi connectivity index (χ1n) is 8.36. The normalized spacial score (nSPS) is 20.0. The Morgan fingerprint density at radius 2 is 2.04 bits per heavy atom. The summed E-state index contributed by atoms with van der Waals surface area (Å²) < 4.78 is 5.89. The van der Waals surface area contributed by atoms with Crippen molar-refractivity contribution in [3.8, 4) is 6.07 Å². The van der Waals surface area contributed by atoms with Gasteiger partial charge in [-0.3, -0.25) is 10.00 Å². The number of morpholine rings is 1. The fourth-order valence-electron chi connectivity index (χ4n) is 2.92. The smallest absolute Gasteiger partial charge is 0.155 e. The highest BCUT2D eigenvalue weighted by Gasteiger charge is 2.28. The van der Waals surface area contributed by atoms with Gasteiger partial charge in [0, 0.05) is 25.0 Å². The minimum Gasteiger partial charge on any atom is -0.368 e. The molecule has 24 heavy (non-hydrogen) atoms. The highest BCUT2D eigenvalue weighted by atomic mass is 16.5. The van der Waals surface area contributed by atoms with Gasteiger partial charge in [0.05, 0.1) is 18.2 Å². The number of hydrogen-bond acceptors (Lipinski definition) is 5. The van der Waals surface area contributed by atoms with Crippen molar-refractivity contribution in [2.45, 2.75) is 38.8 Å². The predicted molar refractivity (Wildman–Crippen MR) is 90.3 cm³/mol. The van der Waals surface area contributed by atoms with Crippen LogP contribution in [-0.2, 0) is 4.74 Å². The molecule has 0 amide bonds. The summed E-state index contributed by atoms with van der Waals surface area (Å²) in [6.07, 6.45) is -0.0837. The molecule has 6 nitrogen and oxygen atoms in total. The summed E-state index contributed by atoms with van der Waals surface area (Å²) in [5.41, 5.74) is 1.89. The van der Waals surface area contributed by atoms with Gasteiger partial charge in [-0.1, -0.05) is 26.0 Å². The number of aromatic amines is 1. The van der Waals surface area contributed by atoms with Crippen LogP contribution in [0.4, 0.5) is 0 Å². The largest absolute Gasteiger partial charge is 0.368 e. The van der Waals surface area contributed by atoms with Crippen molar-refractivity contribution in [3.05, 3.63) is 47.0 Å². The summed E-state index contributed by atoms with van der Waals surface area (Å²) in [7, 11) is 0. The minimum absolute atomic E-state index is 0.0837. The van der Waals surface area contributed by atoms with Gasteiger partial charge in [-0.15, -0.1) is 0 Å². The Morgan fingerprint density at radius 3 is 2.67 bits per heavy atom. The van der Waals surface area contributed by atoms with Crippen LogP contribution < -0.4 is 0 Å². The van der Waals surface area contributed by atoms with E-state index >= 15 is 0 Å². The molecule has 0 saturated carbocycles. The van der Waals surface area contributed by atoms with Crippen LogP contribution >= 0.6 is 0 Å². The number of ether oxygens (including phenoxy) is 1. The van der Waals surface area contributed by atoms with E-state index in [0.29, 0.717) is 18.1 Å². The van der Waals surface area contributed by atoms with Crippen LogP contribution in [0, 0.1) is 11.3 Å².